The Morgan fingerprint density at radius 1 is 1.15 bits per heavy atom. The molecule has 0 aromatic heterocycles. The van der Waals surface area contributed by atoms with Gasteiger partial charge in [-0.1, -0.05) is 24.3 Å². The second-order valence-electron chi connectivity index (χ2n) is 4.89. The topological polar surface area (TPSA) is 41.8 Å². The van der Waals surface area contributed by atoms with Gasteiger partial charge in [0.05, 0.1) is 13.2 Å². The zero-order valence-electron chi connectivity index (χ0n) is 11.2. The zero-order valence-corrected chi connectivity index (χ0v) is 11.2. The lowest BCUT2D eigenvalue weighted by atomic mass is 9.98. The molecule has 2 aromatic rings. The molecule has 0 saturated heterocycles. The van der Waals surface area contributed by atoms with Gasteiger partial charge in [-0.25, -0.2) is 0 Å². The van der Waals surface area contributed by atoms with Gasteiger partial charge in [0, 0.05) is 6.21 Å². The first-order valence-electron chi connectivity index (χ1n) is 6.81. The van der Waals surface area contributed by atoms with Crippen LogP contribution in [0.4, 0.5) is 0 Å². The van der Waals surface area contributed by atoms with Crippen LogP contribution in [0.5, 0.6) is 5.75 Å². The van der Waals surface area contributed by atoms with E-state index in [2.05, 4.69) is 23.2 Å². The molecular formula is C17H17NO2. The molecule has 3 heteroatoms. The van der Waals surface area contributed by atoms with E-state index in [1.807, 2.05) is 24.4 Å². The smallest absolute Gasteiger partial charge is 0.115 e. The first kappa shape index (κ1) is 12.9. The summed E-state index contributed by atoms with van der Waals surface area (Å²) in [5.74, 6) is 0.270. The molecule has 0 spiro atoms. The lowest BCUT2D eigenvalue weighted by molar-refractivity contribution is 0.0489. The van der Waals surface area contributed by atoms with Gasteiger partial charge in [-0.3, -0.25) is 4.99 Å². The summed E-state index contributed by atoms with van der Waals surface area (Å²) in [4.78, 5) is 4.46. The van der Waals surface area contributed by atoms with Gasteiger partial charge in [0.1, 0.15) is 11.9 Å². The zero-order chi connectivity index (χ0) is 13.8. The summed E-state index contributed by atoms with van der Waals surface area (Å²) in [5.41, 5.74) is 3.59. The van der Waals surface area contributed by atoms with Crippen LogP contribution in [0.3, 0.4) is 0 Å². The highest BCUT2D eigenvalue weighted by atomic mass is 16.5. The average molecular weight is 267 g/mol. The summed E-state index contributed by atoms with van der Waals surface area (Å²) in [6, 6.07) is 15.4. The summed E-state index contributed by atoms with van der Waals surface area (Å²) < 4.78 is 5.81. The largest absolute Gasteiger partial charge is 0.508 e. The van der Waals surface area contributed by atoms with Crippen LogP contribution in [0.25, 0.3) is 0 Å². The van der Waals surface area contributed by atoms with Crippen LogP contribution in [-0.4, -0.2) is 24.5 Å². The first-order valence-corrected chi connectivity index (χ1v) is 6.81. The van der Waals surface area contributed by atoms with E-state index < -0.39 is 0 Å². The number of hydrogen-bond acceptors (Lipinski definition) is 3. The Balaban J connectivity index is 1.69. The second-order valence-corrected chi connectivity index (χ2v) is 4.89. The lowest BCUT2D eigenvalue weighted by Gasteiger charge is -2.24. The highest BCUT2D eigenvalue weighted by Crippen LogP contribution is 2.26. The minimum Gasteiger partial charge on any atom is -0.508 e. The molecule has 0 aliphatic carbocycles. The van der Waals surface area contributed by atoms with E-state index >= 15 is 0 Å². The van der Waals surface area contributed by atoms with Crippen LogP contribution in [0, 0.1) is 0 Å². The number of benzene rings is 2. The van der Waals surface area contributed by atoms with Gasteiger partial charge in [-0.15, -0.1) is 0 Å². The molecule has 20 heavy (non-hydrogen) atoms. The van der Waals surface area contributed by atoms with Crippen LogP contribution in [0.1, 0.15) is 22.8 Å². The molecule has 0 amide bonds. The minimum absolute atomic E-state index is 0.0494. The number of nitrogens with zero attached hydrogens (tertiary/aromatic N) is 1. The molecule has 1 atom stereocenters. The van der Waals surface area contributed by atoms with E-state index in [0.29, 0.717) is 6.54 Å². The summed E-state index contributed by atoms with van der Waals surface area (Å²) in [5, 5.41) is 9.23. The first-order chi connectivity index (χ1) is 9.83. The van der Waals surface area contributed by atoms with E-state index in [4.69, 9.17) is 4.74 Å². The summed E-state index contributed by atoms with van der Waals surface area (Å²) in [7, 11) is 0. The SMILES string of the molecule is Oc1ccc(C=NCC2OCCc3ccccc32)cc1. The molecule has 1 aliphatic rings. The number of aliphatic imine (C=N–C) groups is 1. The standard InChI is InChI=1S/C17H17NO2/c19-15-7-5-13(6-8-15)11-18-12-17-16-4-2-1-3-14(16)9-10-20-17/h1-8,11,17,19H,9-10,12H2. The van der Waals surface area contributed by atoms with E-state index in [-0.39, 0.29) is 11.9 Å². The Morgan fingerprint density at radius 2 is 1.95 bits per heavy atom. The molecule has 1 N–H and O–H groups in total. The number of aromatic hydroxyl groups is 1. The van der Waals surface area contributed by atoms with Crippen molar-refractivity contribution in [2.24, 2.45) is 4.99 Å². The van der Waals surface area contributed by atoms with Crippen LogP contribution in [-0.2, 0) is 11.2 Å². The van der Waals surface area contributed by atoms with Crippen LogP contribution < -0.4 is 0 Å². The van der Waals surface area contributed by atoms with Crippen molar-refractivity contribution in [3.8, 4) is 5.75 Å². The molecule has 1 heterocycles. The van der Waals surface area contributed by atoms with Crippen molar-refractivity contribution < 1.29 is 9.84 Å². The molecule has 3 rings (SSSR count). The molecule has 102 valence electrons. The monoisotopic (exact) mass is 267 g/mol. The number of phenols is 1. The van der Waals surface area contributed by atoms with Crippen molar-refractivity contribution in [1.82, 2.24) is 0 Å². The molecule has 0 fully saturated rings. The third kappa shape index (κ3) is 2.89. The highest BCUT2D eigenvalue weighted by molar-refractivity contribution is 5.79. The summed E-state index contributed by atoms with van der Waals surface area (Å²) >= 11 is 0. The molecule has 2 aromatic carbocycles. The number of fused-ring (bicyclic) bond motifs is 1. The Labute approximate surface area is 118 Å². The Kier molecular flexibility index (Phi) is 3.79. The summed E-state index contributed by atoms with van der Waals surface area (Å²) in [6.07, 6.45) is 2.85. The fourth-order valence-corrected chi connectivity index (χ4v) is 2.44. The van der Waals surface area contributed by atoms with Crippen LogP contribution >= 0.6 is 0 Å². The van der Waals surface area contributed by atoms with E-state index in [0.717, 1.165) is 18.6 Å². The molecule has 3 nitrogen and oxygen atoms in total. The fourth-order valence-electron chi connectivity index (χ4n) is 2.44. The molecule has 1 aliphatic heterocycles. The molecule has 0 radical (unpaired) electrons. The van der Waals surface area contributed by atoms with Crippen molar-refractivity contribution in [3.05, 3.63) is 65.2 Å². The molecule has 1 unspecified atom stereocenters. The molecule has 0 bridgehead atoms. The van der Waals surface area contributed by atoms with E-state index in [9.17, 15) is 5.11 Å². The quantitative estimate of drug-likeness (QED) is 0.868. The normalized spacial score (nSPS) is 18.1. The van der Waals surface area contributed by atoms with Crippen LogP contribution in [0.15, 0.2) is 53.5 Å². The third-order valence-electron chi connectivity index (χ3n) is 3.50. The Bertz CT molecular complexity index is 605. The van der Waals surface area contributed by atoms with Crippen molar-refractivity contribution in [1.29, 1.82) is 0 Å². The summed E-state index contributed by atoms with van der Waals surface area (Å²) in [6.45, 7) is 1.38. The minimum atomic E-state index is 0.0494. The maximum Gasteiger partial charge on any atom is 0.115 e. The second kappa shape index (κ2) is 5.88. The Hall–Kier alpha value is -2.13. The predicted octanol–water partition coefficient (Wildman–Crippen LogP) is 3.13. The predicted molar refractivity (Wildman–Crippen MR) is 79.4 cm³/mol. The number of ether oxygens (including phenoxy) is 1. The Morgan fingerprint density at radius 3 is 2.80 bits per heavy atom. The lowest BCUT2D eigenvalue weighted by Crippen LogP contribution is -2.18. The van der Waals surface area contributed by atoms with E-state index in [1.54, 1.807) is 12.1 Å². The van der Waals surface area contributed by atoms with Gasteiger partial charge in [-0.2, -0.15) is 0 Å². The highest BCUT2D eigenvalue weighted by Gasteiger charge is 2.19. The van der Waals surface area contributed by atoms with E-state index in [1.165, 1.54) is 11.1 Å². The number of phenolic OH excluding ortho intramolecular Hbond substituents is 1. The van der Waals surface area contributed by atoms with Crippen molar-refractivity contribution in [2.45, 2.75) is 12.5 Å². The van der Waals surface area contributed by atoms with Gasteiger partial charge in [-0.05, 0) is 47.4 Å². The van der Waals surface area contributed by atoms with Gasteiger partial charge in [0.25, 0.3) is 0 Å². The maximum absolute atomic E-state index is 9.23. The van der Waals surface area contributed by atoms with Crippen molar-refractivity contribution in [3.63, 3.8) is 0 Å². The van der Waals surface area contributed by atoms with Crippen LogP contribution in [0.2, 0.25) is 0 Å². The maximum atomic E-state index is 9.23. The number of rotatable bonds is 3. The molecule has 0 saturated carbocycles. The molecular weight excluding hydrogens is 250 g/mol. The third-order valence-corrected chi connectivity index (χ3v) is 3.50. The van der Waals surface area contributed by atoms with Gasteiger partial charge >= 0.3 is 0 Å². The van der Waals surface area contributed by atoms with Gasteiger partial charge in [0.2, 0.25) is 0 Å². The fraction of sp³-hybridized carbons (Fsp3) is 0.235. The van der Waals surface area contributed by atoms with Crippen molar-refractivity contribution in [2.75, 3.05) is 13.2 Å². The average Bonchev–Trinajstić information content (AvgIpc) is 2.49. The number of hydrogen-bond donors (Lipinski definition) is 1. The van der Waals surface area contributed by atoms with Gasteiger partial charge in [0.15, 0.2) is 0 Å². The van der Waals surface area contributed by atoms with Crippen molar-refractivity contribution >= 4 is 6.21 Å². The van der Waals surface area contributed by atoms with Gasteiger partial charge < -0.3 is 9.84 Å².